The van der Waals surface area contributed by atoms with E-state index in [1.807, 2.05) is 36.4 Å². The van der Waals surface area contributed by atoms with Crippen molar-refractivity contribution < 1.29 is 9.59 Å². The minimum Gasteiger partial charge on any atom is -0.322 e. The molecule has 2 amide bonds. The van der Waals surface area contributed by atoms with Crippen LogP contribution in [0.1, 0.15) is 20.8 Å². The van der Waals surface area contributed by atoms with Crippen molar-refractivity contribution >= 4 is 23.2 Å². The Balaban J connectivity index is 1.74. The molecule has 0 spiro atoms. The average molecular weight is 317 g/mol. The highest BCUT2D eigenvalue weighted by molar-refractivity contribution is 6.07. The van der Waals surface area contributed by atoms with E-state index in [1.54, 1.807) is 30.3 Å². The Morgan fingerprint density at radius 2 is 1.25 bits per heavy atom. The van der Waals surface area contributed by atoms with E-state index in [9.17, 15) is 9.59 Å². The molecule has 5 heteroatoms. The summed E-state index contributed by atoms with van der Waals surface area (Å²) in [5.74, 6) is -0.659. The summed E-state index contributed by atoms with van der Waals surface area (Å²) >= 11 is 0. The molecule has 3 rings (SSSR count). The molecule has 0 atom stereocenters. The van der Waals surface area contributed by atoms with Crippen LogP contribution in [0.3, 0.4) is 0 Å². The minimum atomic E-state index is -0.365. The van der Waals surface area contributed by atoms with Gasteiger partial charge in [0.1, 0.15) is 5.69 Å². The van der Waals surface area contributed by atoms with E-state index < -0.39 is 0 Å². The lowest BCUT2D eigenvalue weighted by Crippen LogP contribution is -2.16. The number of aromatic nitrogens is 1. The van der Waals surface area contributed by atoms with Gasteiger partial charge in [0.05, 0.1) is 0 Å². The maximum absolute atomic E-state index is 12.3. The minimum absolute atomic E-state index is 0.180. The van der Waals surface area contributed by atoms with Crippen LogP contribution in [0.4, 0.5) is 11.4 Å². The van der Waals surface area contributed by atoms with Gasteiger partial charge in [-0.1, -0.05) is 36.4 Å². The van der Waals surface area contributed by atoms with Gasteiger partial charge in [-0.25, -0.2) is 0 Å². The SMILES string of the molecule is O=C(Nc1ccccc1)c1ccnc(C(=O)Nc2ccccc2)c1. The molecule has 0 aliphatic carbocycles. The molecule has 0 unspecified atom stereocenters. The molecule has 0 saturated heterocycles. The maximum Gasteiger partial charge on any atom is 0.274 e. The number of anilines is 2. The van der Waals surface area contributed by atoms with Crippen LogP contribution in [0.15, 0.2) is 79.0 Å². The highest BCUT2D eigenvalue weighted by atomic mass is 16.2. The fraction of sp³-hybridized carbons (Fsp3) is 0. The fourth-order valence-corrected chi connectivity index (χ4v) is 2.14. The summed E-state index contributed by atoms with van der Waals surface area (Å²) in [4.78, 5) is 28.6. The summed E-state index contributed by atoms with van der Waals surface area (Å²) < 4.78 is 0. The molecule has 0 saturated carbocycles. The van der Waals surface area contributed by atoms with Crippen LogP contribution in [-0.4, -0.2) is 16.8 Å². The summed E-state index contributed by atoms with van der Waals surface area (Å²) in [5.41, 5.74) is 1.91. The van der Waals surface area contributed by atoms with E-state index in [1.165, 1.54) is 12.3 Å². The van der Waals surface area contributed by atoms with Crippen LogP contribution < -0.4 is 10.6 Å². The molecular formula is C19H15N3O2. The lowest BCUT2D eigenvalue weighted by atomic mass is 10.2. The van der Waals surface area contributed by atoms with Gasteiger partial charge < -0.3 is 10.6 Å². The normalized spacial score (nSPS) is 10.0. The Morgan fingerprint density at radius 1 is 0.708 bits per heavy atom. The second-order valence-electron chi connectivity index (χ2n) is 5.07. The second kappa shape index (κ2) is 7.19. The quantitative estimate of drug-likeness (QED) is 0.772. The number of carbonyl (C=O) groups excluding carboxylic acids is 2. The molecule has 0 bridgehead atoms. The van der Waals surface area contributed by atoms with Gasteiger partial charge in [-0.2, -0.15) is 0 Å². The smallest absolute Gasteiger partial charge is 0.274 e. The Bertz CT molecular complexity index is 780. The first-order valence-corrected chi connectivity index (χ1v) is 7.41. The van der Waals surface area contributed by atoms with E-state index in [0.717, 1.165) is 0 Å². The van der Waals surface area contributed by atoms with Crippen molar-refractivity contribution in [1.82, 2.24) is 4.98 Å². The number of para-hydroxylation sites is 2. The van der Waals surface area contributed by atoms with E-state index in [-0.39, 0.29) is 17.5 Å². The number of carbonyl (C=O) groups is 2. The summed E-state index contributed by atoms with van der Waals surface area (Å²) in [7, 11) is 0. The van der Waals surface area contributed by atoms with E-state index >= 15 is 0 Å². The molecule has 118 valence electrons. The van der Waals surface area contributed by atoms with Gasteiger partial charge in [0.15, 0.2) is 0 Å². The molecule has 2 N–H and O–H groups in total. The summed E-state index contributed by atoms with van der Waals surface area (Å²) in [5, 5.41) is 5.52. The number of hydrogen-bond donors (Lipinski definition) is 2. The Kier molecular flexibility index (Phi) is 4.62. The summed E-state index contributed by atoms with van der Waals surface area (Å²) in [6.07, 6.45) is 1.44. The first-order chi connectivity index (χ1) is 11.7. The number of nitrogens with zero attached hydrogens (tertiary/aromatic N) is 1. The Hall–Kier alpha value is -3.47. The molecule has 1 heterocycles. The van der Waals surface area contributed by atoms with Crippen LogP contribution in [-0.2, 0) is 0 Å². The maximum atomic E-state index is 12.3. The zero-order valence-electron chi connectivity index (χ0n) is 12.8. The number of pyridine rings is 1. The largest absolute Gasteiger partial charge is 0.322 e. The third-order valence-electron chi connectivity index (χ3n) is 3.32. The van der Waals surface area contributed by atoms with Gasteiger partial charge in [0.25, 0.3) is 11.8 Å². The molecule has 0 aliphatic rings. The van der Waals surface area contributed by atoms with Gasteiger partial charge >= 0.3 is 0 Å². The highest BCUT2D eigenvalue weighted by Gasteiger charge is 2.12. The van der Waals surface area contributed by atoms with Gasteiger partial charge in [0, 0.05) is 23.1 Å². The van der Waals surface area contributed by atoms with E-state index in [0.29, 0.717) is 16.9 Å². The van der Waals surface area contributed by atoms with Gasteiger partial charge in [0.2, 0.25) is 0 Å². The molecule has 0 radical (unpaired) electrons. The van der Waals surface area contributed by atoms with Crippen LogP contribution in [0.25, 0.3) is 0 Å². The first-order valence-electron chi connectivity index (χ1n) is 7.41. The van der Waals surface area contributed by atoms with Crippen molar-refractivity contribution in [2.45, 2.75) is 0 Å². The van der Waals surface area contributed by atoms with Crippen LogP contribution in [0.5, 0.6) is 0 Å². The molecule has 5 nitrogen and oxygen atoms in total. The number of amides is 2. The predicted octanol–water partition coefficient (Wildman–Crippen LogP) is 3.59. The fourth-order valence-electron chi connectivity index (χ4n) is 2.14. The van der Waals surface area contributed by atoms with Crippen molar-refractivity contribution in [3.63, 3.8) is 0 Å². The predicted molar refractivity (Wildman–Crippen MR) is 93.0 cm³/mol. The molecule has 24 heavy (non-hydrogen) atoms. The highest BCUT2D eigenvalue weighted by Crippen LogP contribution is 2.11. The van der Waals surface area contributed by atoms with Gasteiger partial charge in [-0.15, -0.1) is 0 Å². The standard InChI is InChI=1S/C19H15N3O2/c23-18(21-15-7-3-1-4-8-15)14-11-12-20-17(13-14)19(24)22-16-9-5-2-6-10-16/h1-13H,(H,21,23)(H,22,24). The molecular weight excluding hydrogens is 302 g/mol. The van der Waals surface area contributed by atoms with Crippen molar-refractivity contribution in [2.24, 2.45) is 0 Å². The molecule has 0 aliphatic heterocycles. The summed E-state index contributed by atoms with van der Waals surface area (Å²) in [6, 6.07) is 21.2. The molecule has 0 fully saturated rings. The Labute approximate surface area is 139 Å². The van der Waals surface area contributed by atoms with Crippen molar-refractivity contribution in [3.05, 3.63) is 90.3 Å². The van der Waals surface area contributed by atoms with Crippen molar-refractivity contribution in [1.29, 1.82) is 0 Å². The van der Waals surface area contributed by atoms with Crippen LogP contribution in [0, 0.1) is 0 Å². The average Bonchev–Trinajstić information content (AvgIpc) is 2.63. The zero-order valence-corrected chi connectivity index (χ0v) is 12.8. The van der Waals surface area contributed by atoms with E-state index in [4.69, 9.17) is 0 Å². The monoisotopic (exact) mass is 317 g/mol. The number of rotatable bonds is 4. The first kappa shape index (κ1) is 15.4. The molecule has 3 aromatic rings. The summed E-state index contributed by atoms with van der Waals surface area (Å²) in [6.45, 7) is 0. The lowest BCUT2D eigenvalue weighted by Gasteiger charge is -2.07. The number of hydrogen-bond acceptors (Lipinski definition) is 3. The topological polar surface area (TPSA) is 71.1 Å². The number of nitrogens with one attached hydrogen (secondary N) is 2. The van der Waals surface area contributed by atoms with Crippen molar-refractivity contribution in [3.8, 4) is 0 Å². The lowest BCUT2D eigenvalue weighted by molar-refractivity contribution is 0.102. The van der Waals surface area contributed by atoms with Gasteiger partial charge in [-0.05, 0) is 36.4 Å². The molecule has 2 aromatic carbocycles. The Morgan fingerprint density at radius 3 is 1.83 bits per heavy atom. The number of benzene rings is 2. The second-order valence-corrected chi connectivity index (χ2v) is 5.07. The van der Waals surface area contributed by atoms with E-state index in [2.05, 4.69) is 15.6 Å². The third-order valence-corrected chi connectivity index (χ3v) is 3.32. The van der Waals surface area contributed by atoms with Crippen molar-refractivity contribution in [2.75, 3.05) is 10.6 Å². The van der Waals surface area contributed by atoms with Crippen LogP contribution in [0.2, 0.25) is 0 Å². The molecule has 1 aromatic heterocycles. The van der Waals surface area contributed by atoms with Crippen LogP contribution >= 0.6 is 0 Å². The van der Waals surface area contributed by atoms with Gasteiger partial charge in [-0.3, -0.25) is 14.6 Å². The zero-order chi connectivity index (χ0) is 16.8. The third kappa shape index (κ3) is 3.84.